The molecule has 0 bridgehead atoms. The quantitative estimate of drug-likeness (QED) is 0.874. The molecule has 0 saturated carbocycles. The van der Waals surface area contributed by atoms with Crippen LogP contribution in [0.25, 0.3) is 0 Å². The number of hydrogen-bond donors (Lipinski definition) is 2. The topological polar surface area (TPSA) is 77.4 Å². The number of carbonyl (C=O) groups is 1. The van der Waals surface area contributed by atoms with Crippen LogP contribution >= 0.6 is 0 Å². The van der Waals surface area contributed by atoms with Gasteiger partial charge in [-0.15, -0.1) is 0 Å². The standard InChI is InChI=1S/C18H24N4O3/c1-13(12-22-8-3-7-19-22)20-18(23)21-14(2)15-5-6-16-17(11-15)25-10-4-9-24-16/h3,5-8,11,13-14H,4,9-10,12H2,1-2H3,(H2,20,21,23)/t13-,14+/m1/s1. The lowest BCUT2D eigenvalue weighted by Gasteiger charge is -2.19. The highest BCUT2D eigenvalue weighted by atomic mass is 16.5. The minimum atomic E-state index is -0.209. The number of hydrogen-bond acceptors (Lipinski definition) is 4. The van der Waals surface area contributed by atoms with E-state index in [9.17, 15) is 4.79 Å². The fraction of sp³-hybridized carbons (Fsp3) is 0.444. The van der Waals surface area contributed by atoms with E-state index in [4.69, 9.17) is 9.47 Å². The van der Waals surface area contributed by atoms with Crippen LogP contribution in [-0.2, 0) is 6.54 Å². The van der Waals surface area contributed by atoms with Crippen LogP contribution in [0.15, 0.2) is 36.7 Å². The lowest BCUT2D eigenvalue weighted by atomic mass is 10.1. The van der Waals surface area contributed by atoms with E-state index in [-0.39, 0.29) is 18.1 Å². The van der Waals surface area contributed by atoms with Gasteiger partial charge in [0.2, 0.25) is 0 Å². The first-order chi connectivity index (χ1) is 12.1. The number of nitrogens with one attached hydrogen (secondary N) is 2. The summed E-state index contributed by atoms with van der Waals surface area (Å²) in [7, 11) is 0. The smallest absolute Gasteiger partial charge is 0.315 e. The van der Waals surface area contributed by atoms with Gasteiger partial charge in [-0.25, -0.2) is 4.79 Å². The maximum Gasteiger partial charge on any atom is 0.315 e. The third kappa shape index (κ3) is 4.65. The maximum atomic E-state index is 12.2. The summed E-state index contributed by atoms with van der Waals surface area (Å²) < 4.78 is 13.1. The van der Waals surface area contributed by atoms with E-state index in [0.29, 0.717) is 19.8 Å². The van der Waals surface area contributed by atoms with E-state index < -0.39 is 0 Å². The average molecular weight is 344 g/mol. The molecule has 2 aromatic rings. The molecule has 134 valence electrons. The molecule has 0 spiro atoms. The zero-order valence-electron chi connectivity index (χ0n) is 14.6. The van der Waals surface area contributed by atoms with Crippen molar-refractivity contribution in [1.82, 2.24) is 20.4 Å². The Balaban J connectivity index is 1.55. The Bertz CT molecular complexity index is 702. The minimum absolute atomic E-state index is 0.0316. The second-order valence-corrected chi connectivity index (χ2v) is 6.23. The summed E-state index contributed by atoms with van der Waals surface area (Å²) in [4.78, 5) is 12.2. The fourth-order valence-electron chi connectivity index (χ4n) is 2.73. The lowest BCUT2D eigenvalue weighted by molar-refractivity contribution is 0.233. The van der Waals surface area contributed by atoms with Crippen molar-refractivity contribution in [1.29, 1.82) is 0 Å². The molecule has 7 heteroatoms. The molecule has 2 amide bonds. The Hall–Kier alpha value is -2.70. The molecule has 2 atom stereocenters. The molecule has 1 aromatic carbocycles. The third-order valence-corrected chi connectivity index (χ3v) is 4.02. The van der Waals surface area contributed by atoms with Gasteiger partial charge in [-0.05, 0) is 37.6 Å². The summed E-state index contributed by atoms with van der Waals surface area (Å²) in [6.45, 7) is 5.82. The van der Waals surface area contributed by atoms with Crippen LogP contribution in [0.4, 0.5) is 4.79 Å². The third-order valence-electron chi connectivity index (χ3n) is 4.02. The molecular weight excluding hydrogens is 320 g/mol. The first-order valence-electron chi connectivity index (χ1n) is 8.56. The Labute approximate surface area is 147 Å². The molecule has 2 heterocycles. The summed E-state index contributed by atoms with van der Waals surface area (Å²) in [5.41, 5.74) is 0.971. The number of fused-ring (bicyclic) bond motifs is 1. The number of ether oxygens (including phenoxy) is 2. The molecule has 0 aliphatic carbocycles. The van der Waals surface area contributed by atoms with Gasteiger partial charge < -0.3 is 20.1 Å². The number of urea groups is 1. The number of amides is 2. The van der Waals surface area contributed by atoms with E-state index in [1.165, 1.54) is 0 Å². The monoisotopic (exact) mass is 344 g/mol. The van der Waals surface area contributed by atoms with E-state index in [0.717, 1.165) is 23.5 Å². The molecule has 0 saturated heterocycles. The van der Waals surface area contributed by atoms with Gasteiger partial charge in [-0.2, -0.15) is 5.10 Å². The zero-order valence-corrected chi connectivity index (χ0v) is 14.6. The van der Waals surface area contributed by atoms with Crippen LogP contribution < -0.4 is 20.1 Å². The fourth-order valence-corrected chi connectivity index (χ4v) is 2.73. The van der Waals surface area contributed by atoms with Gasteiger partial charge in [0, 0.05) is 24.9 Å². The highest BCUT2D eigenvalue weighted by molar-refractivity contribution is 5.74. The SMILES string of the molecule is C[C@H](Cn1cccn1)NC(=O)N[C@@H](C)c1ccc2c(c1)OCCCO2. The molecule has 0 unspecified atom stereocenters. The predicted molar refractivity (Wildman–Crippen MR) is 93.8 cm³/mol. The number of rotatable bonds is 5. The molecule has 7 nitrogen and oxygen atoms in total. The number of benzene rings is 1. The molecule has 1 aromatic heterocycles. The molecule has 2 N–H and O–H groups in total. The zero-order chi connectivity index (χ0) is 17.6. The van der Waals surface area contributed by atoms with Crippen molar-refractivity contribution >= 4 is 6.03 Å². The Kier molecular flexibility index (Phi) is 5.42. The first kappa shape index (κ1) is 17.1. The van der Waals surface area contributed by atoms with Crippen LogP contribution in [0.1, 0.15) is 31.9 Å². The molecule has 0 fully saturated rings. The molecule has 0 radical (unpaired) electrons. The summed E-state index contributed by atoms with van der Waals surface area (Å²) in [5, 5.41) is 10.0. The van der Waals surface area contributed by atoms with Crippen molar-refractivity contribution in [2.45, 2.75) is 38.9 Å². The van der Waals surface area contributed by atoms with Crippen molar-refractivity contribution in [2.24, 2.45) is 0 Å². The highest BCUT2D eigenvalue weighted by Gasteiger charge is 2.16. The second-order valence-electron chi connectivity index (χ2n) is 6.23. The molecule has 3 rings (SSSR count). The van der Waals surface area contributed by atoms with E-state index >= 15 is 0 Å². The van der Waals surface area contributed by atoms with Gasteiger partial charge in [0.1, 0.15) is 0 Å². The van der Waals surface area contributed by atoms with E-state index in [2.05, 4.69) is 15.7 Å². The normalized spacial score (nSPS) is 15.8. The van der Waals surface area contributed by atoms with Gasteiger partial charge in [0.15, 0.2) is 11.5 Å². The largest absolute Gasteiger partial charge is 0.490 e. The molecule has 1 aliphatic rings. The van der Waals surface area contributed by atoms with Crippen molar-refractivity contribution in [3.8, 4) is 11.5 Å². The van der Waals surface area contributed by atoms with Crippen molar-refractivity contribution < 1.29 is 14.3 Å². The van der Waals surface area contributed by atoms with Crippen molar-refractivity contribution in [3.63, 3.8) is 0 Å². The van der Waals surface area contributed by atoms with Crippen molar-refractivity contribution in [3.05, 3.63) is 42.2 Å². The average Bonchev–Trinajstić information content (AvgIpc) is 2.96. The van der Waals surface area contributed by atoms with Gasteiger partial charge in [0.25, 0.3) is 0 Å². The number of aromatic nitrogens is 2. The van der Waals surface area contributed by atoms with Crippen LogP contribution in [-0.4, -0.2) is 35.1 Å². The lowest BCUT2D eigenvalue weighted by Crippen LogP contribution is -2.43. The minimum Gasteiger partial charge on any atom is -0.490 e. The van der Waals surface area contributed by atoms with Crippen LogP contribution in [0.3, 0.4) is 0 Å². The van der Waals surface area contributed by atoms with Crippen LogP contribution in [0.2, 0.25) is 0 Å². The Morgan fingerprint density at radius 2 is 2.04 bits per heavy atom. The summed E-state index contributed by atoms with van der Waals surface area (Å²) in [5.74, 6) is 1.49. The predicted octanol–water partition coefficient (Wildman–Crippen LogP) is 2.49. The van der Waals surface area contributed by atoms with Crippen LogP contribution in [0.5, 0.6) is 11.5 Å². The van der Waals surface area contributed by atoms with Gasteiger partial charge in [-0.1, -0.05) is 6.07 Å². The van der Waals surface area contributed by atoms with Crippen LogP contribution in [0, 0.1) is 0 Å². The summed E-state index contributed by atoms with van der Waals surface area (Å²) in [6.07, 6.45) is 4.46. The number of nitrogens with zero attached hydrogens (tertiary/aromatic N) is 2. The molecule has 25 heavy (non-hydrogen) atoms. The molecule has 1 aliphatic heterocycles. The highest BCUT2D eigenvalue weighted by Crippen LogP contribution is 2.32. The van der Waals surface area contributed by atoms with E-state index in [1.807, 2.05) is 44.3 Å². The summed E-state index contributed by atoms with van der Waals surface area (Å²) in [6, 6.07) is 7.25. The first-order valence-corrected chi connectivity index (χ1v) is 8.56. The summed E-state index contributed by atoms with van der Waals surface area (Å²) >= 11 is 0. The Morgan fingerprint density at radius 1 is 1.24 bits per heavy atom. The second kappa shape index (κ2) is 7.92. The van der Waals surface area contributed by atoms with Gasteiger partial charge in [-0.3, -0.25) is 4.68 Å². The maximum absolute atomic E-state index is 12.2. The number of carbonyl (C=O) groups excluding carboxylic acids is 1. The molecular formula is C18H24N4O3. The van der Waals surface area contributed by atoms with Gasteiger partial charge in [0.05, 0.1) is 25.8 Å². The Morgan fingerprint density at radius 3 is 2.80 bits per heavy atom. The van der Waals surface area contributed by atoms with Gasteiger partial charge >= 0.3 is 6.03 Å². The van der Waals surface area contributed by atoms with E-state index in [1.54, 1.807) is 10.9 Å². The van der Waals surface area contributed by atoms with Crippen molar-refractivity contribution in [2.75, 3.05) is 13.2 Å².